The molecule has 0 radical (unpaired) electrons. The van der Waals surface area contributed by atoms with Crippen molar-refractivity contribution >= 4 is 0 Å². The van der Waals surface area contributed by atoms with Crippen molar-refractivity contribution in [2.75, 3.05) is 7.05 Å². The number of benzene rings is 2. The maximum absolute atomic E-state index is 11.5. The van der Waals surface area contributed by atoms with E-state index in [1.807, 2.05) is 67.7 Å². The van der Waals surface area contributed by atoms with Crippen LogP contribution in [0, 0.1) is 0 Å². The van der Waals surface area contributed by atoms with Gasteiger partial charge in [-0.15, -0.1) is 0 Å². The molecule has 0 aliphatic rings. The van der Waals surface area contributed by atoms with E-state index in [-0.39, 0.29) is 0 Å². The summed E-state index contributed by atoms with van der Waals surface area (Å²) in [5.41, 5.74) is 0.657. The van der Waals surface area contributed by atoms with Gasteiger partial charge in [-0.05, 0) is 18.2 Å². The Hall–Kier alpha value is -2.43. The average Bonchev–Trinajstić information content (AvgIpc) is 3.05. The van der Waals surface area contributed by atoms with Crippen molar-refractivity contribution in [2.45, 2.75) is 12.1 Å². The van der Waals surface area contributed by atoms with E-state index in [0.717, 1.165) is 11.1 Å². The molecule has 0 amide bonds. The molecule has 112 valence electrons. The quantitative estimate of drug-likeness (QED) is 0.759. The van der Waals surface area contributed by atoms with Crippen LogP contribution in [-0.2, 0) is 12.1 Å². The molecule has 2 aromatic carbocycles. The summed E-state index contributed by atoms with van der Waals surface area (Å²) in [7, 11) is 1.84. The molecule has 1 aromatic heterocycles. The zero-order valence-electron chi connectivity index (χ0n) is 12.4. The van der Waals surface area contributed by atoms with Gasteiger partial charge < -0.3 is 14.9 Å². The van der Waals surface area contributed by atoms with Gasteiger partial charge in [0, 0.05) is 6.07 Å². The Kier molecular flexibility index (Phi) is 4.04. The third-order valence-corrected chi connectivity index (χ3v) is 3.66. The Labute approximate surface area is 129 Å². The lowest BCUT2D eigenvalue weighted by molar-refractivity contribution is 0.116. The van der Waals surface area contributed by atoms with Crippen molar-refractivity contribution in [3.63, 3.8) is 0 Å². The van der Waals surface area contributed by atoms with Gasteiger partial charge in [-0.2, -0.15) is 0 Å². The lowest BCUT2D eigenvalue weighted by Crippen LogP contribution is -2.29. The van der Waals surface area contributed by atoms with Gasteiger partial charge in [-0.3, -0.25) is 0 Å². The largest absolute Gasteiger partial charge is 0.374 e. The van der Waals surface area contributed by atoms with Gasteiger partial charge in [0.2, 0.25) is 0 Å². The van der Waals surface area contributed by atoms with E-state index in [1.165, 1.54) is 0 Å². The minimum Gasteiger partial charge on any atom is -0.374 e. The number of nitrogens with one attached hydrogen (secondary N) is 1. The summed E-state index contributed by atoms with van der Waals surface area (Å²) in [6, 6.07) is 20.8. The summed E-state index contributed by atoms with van der Waals surface area (Å²) in [5.74, 6) is 0.683. The zero-order chi connectivity index (χ0) is 15.4. The Balaban J connectivity index is 2.14. The van der Waals surface area contributed by atoms with E-state index in [1.54, 1.807) is 6.07 Å². The Morgan fingerprint density at radius 1 is 1.00 bits per heavy atom. The third kappa shape index (κ3) is 2.54. The fraction of sp³-hybridized carbons (Fsp3) is 0.167. The second kappa shape index (κ2) is 6.13. The molecule has 3 rings (SSSR count). The van der Waals surface area contributed by atoms with Gasteiger partial charge >= 0.3 is 0 Å². The van der Waals surface area contributed by atoms with E-state index >= 15 is 0 Å². The molecule has 1 heterocycles. The van der Waals surface area contributed by atoms with E-state index in [4.69, 9.17) is 4.52 Å². The van der Waals surface area contributed by atoms with Gasteiger partial charge in [0.15, 0.2) is 11.4 Å². The molecular weight excluding hydrogens is 276 g/mol. The summed E-state index contributed by atoms with van der Waals surface area (Å²) in [6.45, 7) is 0.562. The van der Waals surface area contributed by atoms with Gasteiger partial charge in [-0.25, -0.2) is 0 Å². The molecule has 0 aliphatic heterocycles. The lowest BCUT2D eigenvalue weighted by atomic mass is 9.83. The summed E-state index contributed by atoms with van der Waals surface area (Å²) < 4.78 is 5.32. The zero-order valence-corrected chi connectivity index (χ0v) is 12.4. The molecular formula is C18H18N2O2. The standard InChI is InChI=1S/C18H18N2O2/c1-19-13-16-12-17(20-22-16)18(21,14-8-4-2-5-9-14)15-10-6-3-7-11-15/h2-12,19,21H,13H2,1H3. The van der Waals surface area contributed by atoms with Crippen LogP contribution >= 0.6 is 0 Å². The van der Waals surface area contributed by atoms with Crippen LogP contribution in [0.25, 0.3) is 0 Å². The van der Waals surface area contributed by atoms with Crippen LogP contribution in [0.4, 0.5) is 0 Å². The number of hydrogen-bond donors (Lipinski definition) is 2. The minimum absolute atomic E-state index is 0.482. The highest BCUT2D eigenvalue weighted by Crippen LogP contribution is 2.35. The summed E-state index contributed by atoms with van der Waals surface area (Å²) in [5, 5.41) is 18.6. The smallest absolute Gasteiger partial charge is 0.160 e. The first kappa shape index (κ1) is 14.5. The molecule has 0 spiro atoms. The number of rotatable bonds is 5. The van der Waals surface area contributed by atoms with Crippen molar-refractivity contribution in [2.24, 2.45) is 0 Å². The molecule has 2 N–H and O–H groups in total. The number of aromatic nitrogens is 1. The fourth-order valence-electron chi connectivity index (χ4n) is 2.56. The van der Waals surface area contributed by atoms with Gasteiger partial charge in [-0.1, -0.05) is 65.8 Å². The van der Waals surface area contributed by atoms with Crippen LogP contribution in [-0.4, -0.2) is 17.3 Å². The van der Waals surface area contributed by atoms with Gasteiger partial charge in [0.1, 0.15) is 5.69 Å². The number of nitrogens with zero attached hydrogens (tertiary/aromatic N) is 1. The normalized spacial score (nSPS) is 11.5. The topological polar surface area (TPSA) is 58.3 Å². The molecule has 0 unspecified atom stereocenters. The molecule has 0 bridgehead atoms. The molecule has 0 saturated carbocycles. The van der Waals surface area contributed by atoms with Gasteiger partial charge in [0.05, 0.1) is 6.54 Å². The molecule has 0 atom stereocenters. The summed E-state index contributed by atoms with van der Waals surface area (Å²) >= 11 is 0. The fourth-order valence-corrected chi connectivity index (χ4v) is 2.56. The Bertz CT molecular complexity index is 684. The highest BCUT2D eigenvalue weighted by molar-refractivity contribution is 5.44. The van der Waals surface area contributed by atoms with E-state index in [9.17, 15) is 5.11 Å². The van der Waals surface area contributed by atoms with Gasteiger partial charge in [0.25, 0.3) is 0 Å². The number of aliphatic hydroxyl groups is 1. The first-order valence-electron chi connectivity index (χ1n) is 7.19. The maximum Gasteiger partial charge on any atom is 0.160 e. The van der Waals surface area contributed by atoms with Crippen LogP contribution in [0.1, 0.15) is 22.6 Å². The van der Waals surface area contributed by atoms with Crippen molar-refractivity contribution in [1.82, 2.24) is 10.5 Å². The van der Waals surface area contributed by atoms with Crippen LogP contribution < -0.4 is 5.32 Å². The minimum atomic E-state index is -1.34. The maximum atomic E-state index is 11.5. The van der Waals surface area contributed by atoms with Crippen LogP contribution in [0.15, 0.2) is 71.3 Å². The van der Waals surface area contributed by atoms with Crippen molar-refractivity contribution < 1.29 is 9.63 Å². The first-order valence-corrected chi connectivity index (χ1v) is 7.19. The summed E-state index contributed by atoms with van der Waals surface area (Å²) in [6.07, 6.45) is 0. The second-order valence-corrected chi connectivity index (χ2v) is 5.15. The number of hydrogen-bond acceptors (Lipinski definition) is 4. The summed E-state index contributed by atoms with van der Waals surface area (Å²) in [4.78, 5) is 0. The van der Waals surface area contributed by atoms with E-state index in [2.05, 4.69) is 10.5 Å². The van der Waals surface area contributed by atoms with Crippen LogP contribution in [0.5, 0.6) is 0 Å². The Morgan fingerprint density at radius 2 is 1.55 bits per heavy atom. The molecule has 4 heteroatoms. The Morgan fingerprint density at radius 3 is 2.05 bits per heavy atom. The third-order valence-electron chi connectivity index (χ3n) is 3.66. The molecule has 0 fully saturated rings. The lowest BCUT2D eigenvalue weighted by Gasteiger charge is -2.27. The molecule has 0 aliphatic carbocycles. The SMILES string of the molecule is CNCc1cc(C(O)(c2ccccc2)c2ccccc2)no1. The molecule has 4 nitrogen and oxygen atoms in total. The average molecular weight is 294 g/mol. The van der Waals surface area contributed by atoms with Crippen molar-refractivity contribution in [3.8, 4) is 0 Å². The van der Waals surface area contributed by atoms with Crippen molar-refractivity contribution in [1.29, 1.82) is 0 Å². The molecule has 3 aromatic rings. The second-order valence-electron chi connectivity index (χ2n) is 5.15. The van der Waals surface area contributed by atoms with Crippen molar-refractivity contribution in [3.05, 3.63) is 89.3 Å². The predicted octanol–water partition coefficient (Wildman–Crippen LogP) is 2.68. The molecule has 0 saturated heterocycles. The van der Waals surface area contributed by atoms with Crippen LogP contribution in [0.2, 0.25) is 0 Å². The highest BCUT2D eigenvalue weighted by atomic mass is 16.5. The monoisotopic (exact) mass is 294 g/mol. The van der Waals surface area contributed by atoms with E-state index in [0.29, 0.717) is 18.0 Å². The van der Waals surface area contributed by atoms with E-state index < -0.39 is 5.60 Å². The highest BCUT2D eigenvalue weighted by Gasteiger charge is 2.36. The first-order chi connectivity index (χ1) is 10.7. The molecule has 22 heavy (non-hydrogen) atoms. The van der Waals surface area contributed by atoms with Crippen LogP contribution in [0.3, 0.4) is 0 Å². The predicted molar refractivity (Wildman–Crippen MR) is 84.3 cm³/mol.